The first-order valence-corrected chi connectivity index (χ1v) is 9.84. The Morgan fingerprint density at radius 3 is 2.46 bits per heavy atom. The monoisotopic (exact) mass is 383 g/mol. The summed E-state index contributed by atoms with van der Waals surface area (Å²) in [6.07, 6.45) is 1.64. The second-order valence-corrected chi connectivity index (χ2v) is 7.50. The average Bonchev–Trinajstić information content (AvgIpc) is 2.73. The van der Waals surface area contributed by atoms with Crippen LogP contribution in [0.5, 0.6) is 11.5 Å². The van der Waals surface area contributed by atoms with Gasteiger partial charge in [0.05, 0.1) is 5.56 Å². The highest BCUT2D eigenvalue weighted by Gasteiger charge is 2.24. The van der Waals surface area contributed by atoms with Gasteiger partial charge < -0.3 is 19.7 Å². The van der Waals surface area contributed by atoms with Crippen molar-refractivity contribution in [3.05, 3.63) is 47.7 Å². The Hall–Kier alpha value is -2.76. The van der Waals surface area contributed by atoms with Crippen molar-refractivity contribution < 1.29 is 14.3 Å². The van der Waals surface area contributed by atoms with Gasteiger partial charge in [-0.1, -0.05) is 19.9 Å². The largest absolute Gasteiger partial charge is 0.486 e. The molecule has 1 N–H and O–H groups in total. The topological polar surface area (TPSA) is 63.7 Å². The summed E-state index contributed by atoms with van der Waals surface area (Å²) in [5, 5.41) is 3.03. The summed E-state index contributed by atoms with van der Waals surface area (Å²) in [5.41, 5.74) is 1.40. The fraction of sp³-hybridized carbons (Fsp3) is 0.455. The van der Waals surface area contributed by atoms with Crippen LogP contribution < -0.4 is 19.7 Å². The van der Waals surface area contributed by atoms with E-state index in [4.69, 9.17) is 9.47 Å². The Bertz CT molecular complexity index is 814. The van der Waals surface area contributed by atoms with Gasteiger partial charge in [0.15, 0.2) is 11.5 Å². The summed E-state index contributed by atoms with van der Waals surface area (Å²) in [6.45, 7) is 11.8. The molecule has 1 aliphatic heterocycles. The lowest BCUT2D eigenvalue weighted by atomic mass is 9.84. The summed E-state index contributed by atoms with van der Waals surface area (Å²) >= 11 is 0. The molecule has 0 unspecified atom stereocenters. The zero-order valence-corrected chi connectivity index (χ0v) is 17.1. The molecule has 0 atom stereocenters. The van der Waals surface area contributed by atoms with Gasteiger partial charge in [0, 0.05) is 31.2 Å². The maximum Gasteiger partial charge on any atom is 0.252 e. The van der Waals surface area contributed by atoms with E-state index < -0.39 is 0 Å². The van der Waals surface area contributed by atoms with E-state index in [1.807, 2.05) is 30.3 Å². The second kappa shape index (κ2) is 8.50. The molecule has 0 saturated carbocycles. The minimum absolute atomic E-state index is 0.121. The second-order valence-electron chi connectivity index (χ2n) is 7.50. The number of hydrogen-bond donors (Lipinski definition) is 1. The molecule has 6 nitrogen and oxygen atoms in total. The maximum absolute atomic E-state index is 12.6. The van der Waals surface area contributed by atoms with E-state index in [1.54, 1.807) is 6.20 Å². The molecule has 1 aromatic carbocycles. The van der Waals surface area contributed by atoms with Gasteiger partial charge in [-0.2, -0.15) is 0 Å². The molecule has 1 aromatic heterocycles. The van der Waals surface area contributed by atoms with Gasteiger partial charge in [0.2, 0.25) is 0 Å². The van der Waals surface area contributed by atoms with Gasteiger partial charge in [-0.3, -0.25) is 4.79 Å². The third kappa shape index (κ3) is 4.38. The quantitative estimate of drug-likeness (QED) is 0.794. The Kier molecular flexibility index (Phi) is 6.07. The SMILES string of the molecule is CCN(CC)c1ccc(C(=O)NCC(C)(C)c2ccc3c(c2)OCCO3)cn1. The first-order chi connectivity index (χ1) is 13.4. The molecule has 0 spiro atoms. The van der Waals surface area contributed by atoms with Crippen molar-refractivity contribution in [3.63, 3.8) is 0 Å². The number of pyridine rings is 1. The van der Waals surface area contributed by atoms with Gasteiger partial charge in [-0.25, -0.2) is 4.98 Å². The van der Waals surface area contributed by atoms with Crippen molar-refractivity contribution in [3.8, 4) is 11.5 Å². The number of carbonyl (C=O) groups is 1. The van der Waals surface area contributed by atoms with E-state index in [9.17, 15) is 4.79 Å². The molecule has 6 heteroatoms. The molecule has 0 radical (unpaired) electrons. The lowest BCUT2D eigenvalue weighted by molar-refractivity contribution is 0.0945. The maximum atomic E-state index is 12.6. The zero-order chi connectivity index (χ0) is 20.1. The van der Waals surface area contributed by atoms with Crippen molar-refractivity contribution in [2.45, 2.75) is 33.1 Å². The Morgan fingerprint density at radius 2 is 1.82 bits per heavy atom. The fourth-order valence-electron chi connectivity index (χ4n) is 3.22. The number of amides is 1. The van der Waals surface area contributed by atoms with Crippen LogP contribution in [0.15, 0.2) is 36.5 Å². The zero-order valence-electron chi connectivity index (χ0n) is 17.1. The third-order valence-corrected chi connectivity index (χ3v) is 5.11. The Labute approximate surface area is 166 Å². The van der Waals surface area contributed by atoms with Crippen LogP contribution in [-0.4, -0.2) is 43.7 Å². The van der Waals surface area contributed by atoms with Crippen LogP contribution in [0.25, 0.3) is 0 Å². The summed E-state index contributed by atoms with van der Waals surface area (Å²) in [6, 6.07) is 9.69. The lowest BCUT2D eigenvalue weighted by Gasteiger charge is -2.28. The van der Waals surface area contributed by atoms with Gasteiger partial charge in [0.25, 0.3) is 5.91 Å². The molecule has 1 aliphatic rings. The smallest absolute Gasteiger partial charge is 0.252 e. The summed E-state index contributed by atoms with van der Waals surface area (Å²) in [4.78, 5) is 19.1. The number of benzene rings is 1. The van der Waals surface area contributed by atoms with Crippen molar-refractivity contribution >= 4 is 11.7 Å². The van der Waals surface area contributed by atoms with Gasteiger partial charge in [0.1, 0.15) is 19.0 Å². The highest BCUT2D eigenvalue weighted by atomic mass is 16.6. The highest BCUT2D eigenvalue weighted by molar-refractivity contribution is 5.94. The van der Waals surface area contributed by atoms with Gasteiger partial charge >= 0.3 is 0 Å². The molecule has 0 bridgehead atoms. The molecule has 2 aromatic rings. The number of hydrogen-bond acceptors (Lipinski definition) is 5. The molecular weight excluding hydrogens is 354 g/mol. The van der Waals surface area contributed by atoms with E-state index in [0.717, 1.165) is 36.0 Å². The molecule has 150 valence electrons. The number of carbonyl (C=O) groups excluding carboxylic acids is 1. The highest BCUT2D eigenvalue weighted by Crippen LogP contribution is 2.34. The van der Waals surface area contributed by atoms with E-state index in [2.05, 4.69) is 42.9 Å². The average molecular weight is 383 g/mol. The van der Waals surface area contributed by atoms with Crippen molar-refractivity contribution in [2.75, 3.05) is 37.7 Å². The first kappa shape index (κ1) is 20.0. The van der Waals surface area contributed by atoms with Crippen LogP contribution in [0.4, 0.5) is 5.82 Å². The standard InChI is InChI=1S/C22H29N3O3/c1-5-25(6-2)20-10-7-16(14-23-20)21(26)24-15-22(3,4)17-8-9-18-19(13-17)28-12-11-27-18/h7-10,13-14H,5-6,11-12,15H2,1-4H3,(H,24,26). The minimum Gasteiger partial charge on any atom is -0.486 e. The minimum atomic E-state index is -0.250. The number of anilines is 1. The van der Waals surface area contributed by atoms with Crippen LogP contribution in [0, 0.1) is 0 Å². The van der Waals surface area contributed by atoms with Crippen LogP contribution in [0.2, 0.25) is 0 Å². The van der Waals surface area contributed by atoms with Crippen molar-refractivity contribution in [1.29, 1.82) is 0 Å². The lowest BCUT2D eigenvalue weighted by Crippen LogP contribution is -2.36. The van der Waals surface area contributed by atoms with E-state index in [-0.39, 0.29) is 11.3 Å². The molecule has 0 saturated heterocycles. The van der Waals surface area contributed by atoms with Crippen LogP contribution in [0.3, 0.4) is 0 Å². The van der Waals surface area contributed by atoms with Crippen LogP contribution >= 0.6 is 0 Å². The molecule has 0 fully saturated rings. The number of rotatable bonds is 7. The fourth-order valence-corrected chi connectivity index (χ4v) is 3.22. The van der Waals surface area contributed by atoms with Crippen LogP contribution in [-0.2, 0) is 5.41 Å². The van der Waals surface area contributed by atoms with E-state index >= 15 is 0 Å². The van der Waals surface area contributed by atoms with Gasteiger partial charge in [-0.15, -0.1) is 0 Å². The molecular formula is C22H29N3O3. The number of aromatic nitrogens is 1. The predicted molar refractivity (Wildman–Crippen MR) is 111 cm³/mol. The summed E-state index contributed by atoms with van der Waals surface area (Å²) in [7, 11) is 0. The van der Waals surface area contributed by atoms with Crippen molar-refractivity contribution in [1.82, 2.24) is 10.3 Å². The van der Waals surface area contributed by atoms with Crippen LogP contribution in [0.1, 0.15) is 43.6 Å². The first-order valence-electron chi connectivity index (χ1n) is 9.84. The number of nitrogens with zero attached hydrogens (tertiary/aromatic N) is 2. The molecule has 0 aliphatic carbocycles. The molecule has 28 heavy (non-hydrogen) atoms. The summed E-state index contributed by atoms with van der Waals surface area (Å²) < 4.78 is 11.3. The number of nitrogens with one attached hydrogen (secondary N) is 1. The van der Waals surface area contributed by atoms with Crippen molar-refractivity contribution in [2.24, 2.45) is 0 Å². The Morgan fingerprint density at radius 1 is 1.11 bits per heavy atom. The normalized spacial score (nSPS) is 13.1. The van der Waals surface area contributed by atoms with E-state index in [1.165, 1.54) is 0 Å². The van der Waals surface area contributed by atoms with Gasteiger partial charge in [-0.05, 0) is 43.7 Å². The third-order valence-electron chi connectivity index (χ3n) is 5.11. The summed E-state index contributed by atoms with van der Waals surface area (Å²) in [5.74, 6) is 2.30. The molecule has 1 amide bonds. The number of fused-ring (bicyclic) bond motifs is 1. The molecule has 3 rings (SSSR count). The Balaban J connectivity index is 1.64. The molecule has 2 heterocycles. The predicted octanol–water partition coefficient (Wildman–Crippen LogP) is 3.41. The van der Waals surface area contributed by atoms with E-state index in [0.29, 0.717) is 25.3 Å². The number of ether oxygens (including phenoxy) is 2.